The van der Waals surface area contributed by atoms with Crippen molar-refractivity contribution in [3.8, 4) is 0 Å². The van der Waals surface area contributed by atoms with Crippen molar-refractivity contribution in [1.29, 1.82) is 0 Å². The van der Waals surface area contributed by atoms with Gasteiger partial charge in [-0.2, -0.15) is 5.10 Å². The molecule has 0 radical (unpaired) electrons. The van der Waals surface area contributed by atoms with Crippen molar-refractivity contribution in [3.63, 3.8) is 0 Å². The van der Waals surface area contributed by atoms with E-state index in [9.17, 15) is 0 Å². The molecule has 0 aromatic carbocycles. The second-order valence-electron chi connectivity index (χ2n) is 3.43. The van der Waals surface area contributed by atoms with E-state index in [-0.39, 0.29) is 0 Å². The van der Waals surface area contributed by atoms with Gasteiger partial charge in [-0.1, -0.05) is 13.0 Å². The largest absolute Gasteiger partial charge is 0.365 e. The topological polar surface area (TPSA) is 29.9 Å². The molecule has 0 bridgehead atoms. The molecule has 0 aliphatic rings. The fraction of sp³-hybridized carbons (Fsp3) is 0.364. The van der Waals surface area contributed by atoms with Gasteiger partial charge in [0.25, 0.3) is 0 Å². The molecule has 2 aromatic heterocycles. The Morgan fingerprint density at radius 3 is 3.00 bits per heavy atom. The van der Waals surface area contributed by atoms with Gasteiger partial charge in [-0.3, -0.25) is 4.68 Å². The Morgan fingerprint density at radius 1 is 1.53 bits per heavy atom. The SMILES string of the molecule is CCc1cc(NCc2cccs2)n(C)n1. The molecule has 0 unspecified atom stereocenters. The minimum absolute atomic E-state index is 0.875. The lowest BCUT2D eigenvalue weighted by molar-refractivity contribution is 0.748. The zero-order valence-corrected chi connectivity index (χ0v) is 9.84. The minimum atomic E-state index is 0.875. The highest BCUT2D eigenvalue weighted by Gasteiger charge is 2.02. The molecule has 15 heavy (non-hydrogen) atoms. The van der Waals surface area contributed by atoms with Crippen molar-refractivity contribution in [1.82, 2.24) is 9.78 Å². The first-order valence-electron chi connectivity index (χ1n) is 5.08. The van der Waals surface area contributed by atoms with Crippen LogP contribution in [0.25, 0.3) is 0 Å². The number of hydrogen-bond acceptors (Lipinski definition) is 3. The lowest BCUT2D eigenvalue weighted by atomic mass is 10.3. The van der Waals surface area contributed by atoms with Gasteiger partial charge in [-0.05, 0) is 17.9 Å². The quantitative estimate of drug-likeness (QED) is 0.860. The van der Waals surface area contributed by atoms with Crippen LogP contribution in [0.2, 0.25) is 0 Å². The van der Waals surface area contributed by atoms with Crippen LogP contribution in [0.5, 0.6) is 0 Å². The molecule has 0 aliphatic heterocycles. The van der Waals surface area contributed by atoms with Gasteiger partial charge < -0.3 is 5.32 Å². The van der Waals surface area contributed by atoms with Crippen molar-refractivity contribution >= 4 is 17.2 Å². The molecule has 0 aliphatic carbocycles. The Morgan fingerprint density at radius 2 is 2.40 bits per heavy atom. The predicted molar refractivity (Wildman–Crippen MR) is 64.2 cm³/mol. The molecular weight excluding hydrogens is 206 g/mol. The lowest BCUT2D eigenvalue weighted by Crippen LogP contribution is -2.03. The van der Waals surface area contributed by atoms with E-state index in [1.54, 1.807) is 11.3 Å². The normalized spacial score (nSPS) is 10.5. The maximum atomic E-state index is 4.39. The lowest BCUT2D eigenvalue weighted by Gasteiger charge is -2.03. The second kappa shape index (κ2) is 4.49. The van der Waals surface area contributed by atoms with Crippen LogP contribution in [-0.4, -0.2) is 9.78 Å². The van der Waals surface area contributed by atoms with Gasteiger partial charge in [0.1, 0.15) is 5.82 Å². The second-order valence-corrected chi connectivity index (χ2v) is 4.46. The molecule has 0 spiro atoms. The summed E-state index contributed by atoms with van der Waals surface area (Å²) < 4.78 is 1.90. The summed E-state index contributed by atoms with van der Waals surface area (Å²) in [6.07, 6.45) is 0.981. The van der Waals surface area contributed by atoms with Gasteiger partial charge in [0.05, 0.1) is 12.2 Å². The number of nitrogens with one attached hydrogen (secondary N) is 1. The summed E-state index contributed by atoms with van der Waals surface area (Å²) in [5.74, 6) is 1.08. The first-order valence-corrected chi connectivity index (χ1v) is 5.96. The standard InChI is InChI=1S/C11H15N3S/c1-3-9-7-11(14(2)13-9)12-8-10-5-4-6-15-10/h4-7,12H,3,8H2,1-2H3. The summed E-state index contributed by atoms with van der Waals surface area (Å²) in [6.45, 7) is 2.99. The molecule has 2 aromatic rings. The van der Waals surface area contributed by atoms with Crippen LogP contribution in [0.1, 0.15) is 17.5 Å². The summed E-state index contributed by atoms with van der Waals surface area (Å²) >= 11 is 1.77. The third-order valence-corrected chi connectivity index (χ3v) is 3.19. The minimum Gasteiger partial charge on any atom is -0.365 e. The molecule has 80 valence electrons. The van der Waals surface area contributed by atoms with Gasteiger partial charge in [-0.25, -0.2) is 0 Å². The maximum Gasteiger partial charge on any atom is 0.124 e. The van der Waals surface area contributed by atoms with E-state index in [0.717, 1.165) is 24.5 Å². The van der Waals surface area contributed by atoms with Gasteiger partial charge in [-0.15, -0.1) is 11.3 Å². The summed E-state index contributed by atoms with van der Waals surface area (Å²) in [5, 5.41) is 9.86. The highest BCUT2D eigenvalue weighted by molar-refractivity contribution is 7.09. The third-order valence-electron chi connectivity index (χ3n) is 2.32. The predicted octanol–water partition coefficient (Wildman–Crippen LogP) is 2.66. The van der Waals surface area contributed by atoms with Crippen LogP contribution in [0.15, 0.2) is 23.6 Å². The fourth-order valence-corrected chi connectivity index (χ4v) is 2.10. The average Bonchev–Trinajstić information content (AvgIpc) is 2.84. The number of hydrogen-bond donors (Lipinski definition) is 1. The van der Waals surface area contributed by atoms with E-state index in [1.807, 2.05) is 11.7 Å². The molecule has 0 fully saturated rings. The van der Waals surface area contributed by atoms with Crippen LogP contribution >= 0.6 is 11.3 Å². The zero-order valence-electron chi connectivity index (χ0n) is 9.03. The summed E-state index contributed by atoms with van der Waals surface area (Å²) in [7, 11) is 1.97. The Labute approximate surface area is 93.7 Å². The highest BCUT2D eigenvalue weighted by atomic mass is 32.1. The van der Waals surface area contributed by atoms with E-state index in [1.165, 1.54) is 4.88 Å². The molecular formula is C11H15N3S. The molecule has 0 amide bonds. The molecule has 1 N–H and O–H groups in total. The average molecular weight is 221 g/mol. The van der Waals surface area contributed by atoms with Crippen LogP contribution in [0.3, 0.4) is 0 Å². The van der Waals surface area contributed by atoms with Crippen molar-refractivity contribution in [3.05, 3.63) is 34.2 Å². The van der Waals surface area contributed by atoms with Crippen molar-refractivity contribution < 1.29 is 0 Å². The Balaban J connectivity index is 2.01. The summed E-state index contributed by atoms with van der Waals surface area (Å²) in [4.78, 5) is 1.34. The number of rotatable bonds is 4. The number of nitrogens with zero attached hydrogens (tertiary/aromatic N) is 2. The van der Waals surface area contributed by atoms with Crippen LogP contribution in [-0.2, 0) is 20.0 Å². The van der Waals surface area contributed by atoms with Crippen LogP contribution < -0.4 is 5.32 Å². The monoisotopic (exact) mass is 221 g/mol. The van der Waals surface area contributed by atoms with Gasteiger partial charge >= 0.3 is 0 Å². The first-order chi connectivity index (χ1) is 7.29. The maximum absolute atomic E-state index is 4.39. The van der Waals surface area contributed by atoms with Crippen LogP contribution in [0.4, 0.5) is 5.82 Å². The number of aryl methyl sites for hydroxylation is 2. The van der Waals surface area contributed by atoms with Crippen molar-refractivity contribution in [2.45, 2.75) is 19.9 Å². The third kappa shape index (κ3) is 2.39. The number of aromatic nitrogens is 2. The summed E-state index contributed by atoms with van der Waals surface area (Å²) in [5.41, 5.74) is 1.13. The molecule has 0 saturated heterocycles. The Bertz CT molecular complexity index is 417. The zero-order chi connectivity index (χ0) is 10.7. The first kappa shape index (κ1) is 10.2. The van der Waals surface area contributed by atoms with Gasteiger partial charge in [0.2, 0.25) is 0 Å². The van der Waals surface area contributed by atoms with Crippen LogP contribution in [0, 0.1) is 0 Å². The molecule has 2 rings (SSSR count). The number of thiophene rings is 1. The molecule has 0 saturated carbocycles. The Hall–Kier alpha value is -1.29. The van der Waals surface area contributed by atoms with E-state index in [2.05, 4.69) is 40.9 Å². The van der Waals surface area contributed by atoms with Gasteiger partial charge in [0, 0.05) is 18.0 Å². The van der Waals surface area contributed by atoms with Crippen molar-refractivity contribution in [2.24, 2.45) is 7.05 Å². The summed E-state index contributed by atoms with van der Waals surface area (Å²) in [6, 6.07) is 6.31. The molecule has 2 heterocycles. The fourth-order valence-electron chi connectivity index (χ4n) is 1.46. The highest BCUT2D eigenvalue weighted by Crippen LogP contribution is 2.13. The van der Waals surface area contributed by atoms with E-state index < -0.39 is 0 Å². The molecule has 3 nitrogen and oxygen atoms in total. The van der Waals surface area contributed by atoms with Crippen molar-refractivity contribution in [2.75, 3.05) is 5.32 Å². The molecule has 0 atom stereocenters. The smallest absolute Gasteiger partial charge is 0.124 e. The van der Waals surface area contributed by atoms with E-state index in [0.29, 0.717) is 0 Å². The van der Waals surface area contributed by atoms with E-state index >= 15 is 0 Å². The Kier molecular flexibility index (Phi) is 3.06. The number of anilines is 1. The van der Waals surface area contributed by atoms with Gasteiger partial charge in [0.15, 0.2) is 0 Å². The molecule has 4 heteroatoms. The van der Waals surface area contributed by atoms with E-state index in [4.69, 9.17) is 0 Å².